The van der Waals surface area contributed by atoms with Crippen molar-refractivity contribution in [2.24, 2.45) is 0 Å². The van der Waals surface area contributed by atoms with Gasteiger partial charge < -0.3 is 15.2 Å². The Morgan fingerprint density at radius 3 is 2.90 bits per heavy atom. The predicted molar refractivity (Wildman–Crippen MR) is 83.1 cm³/mol. The van der Waals surface area contributed by atoms with Crippen molar-refractivity contribution in [2.45, 2.75) is 6.42 Å². The molecule has 0 aliphatic heterocycles. The third kappa shape index (κ3) is 2.44. The quantitative estimate of drug-likeness (QED) is 0.699. The topological polar surface area (TPSA) is 56.8 Å². The molecular formula is C15H19N5. The minimum absolute atomic E-state index is 0.880. The highest BCUT2D eigenvalue weighted by molar-refractivity contribution is 6.07. The summed E-state index contributed by atoms with van der Waals surface area (Å²) in [5.74, 6) is 0.880. The zero-order valence-electron chi connectivity index (χ0n) is 11.8. The van der Waals surface area contributed by atoms with Crippen LogP contribution in [0.1, 0.15) is 6.42 Å². The van der Waals surface area contributed by atoms with Crippen LogP contribution >= 0.6 is 0 Å². The van der Waals surface area contributed by atoms with Crippen LogP contribution in [0.2, 0.25) is 0 Å². The molecule has 104 valence electrons. The number of para-hydroxylation sites is 1. The number of anilines is 1. The smallest absolute Gasteiger partial charge is 0.153 e. The minimum Gasteiger partial charge on any atom is -0.368 e. The first-order valence-electron chi connectivity index (χ1n) is 6.86. The Labute approximate surface area is 118 Å². The van der Waals surface area contributed by atoms with Crippen molar-refractivity contribution >= 4 is 27.8 Å². The number of nitrogens with one attached hydrogen (secondary N) is 2. The number of H-pyrrole nitrogens is 1. The van der Waals surface area contributed by atoms with Gasteiger partial charge in [-0.05, 0) is 33.1 Å². The summed E-state index contributed by atoms with van der Waals surface area (Å²) in [7, 11) is 4.17. The maximum atomic E-state index is 4.40. The lowest BCUT2D eigenvalue weighted by Crippen LogP contribution is -2.16. The Hall–Kier alpha value is -2.14. The number of nitrogens with zero attached hydrogens (tertiary/aromatic N) is 3. The number of hydrogen-bond acceptors (Lipinski definition) is 4. The van der Waals surface area contributed by atoms with Crippen LogP contribution in [-0.2, 0) is 0 Å². The minimum atomic E-state index is 0.880. The van der Waals surface area contributed by atoms with Gasteiger partial charge in [-0.1, -0.05) is 18.2 Å². The zero-order valence-corrected chi connectivity index (χ0v) is 11.8. The van der Waals surface area contributed by atoms with Gasteiger partial charge in [0.1, 0.15) is 17.4 Å². The summed E-state index contributed by atoms with van der Waals surface area (Å²) in [5.41, 5.74) is 3.06. The van der Waals surface area contributed by atoms with Crippen molar-refractivity contribution in [1.29, 1.82) is 0 Å². The summed E-state index contributed by atoms with van der Waals surface area (Å²) in [6.07, 6.45) is 2.70. The second kappa shape index (κ2) is 5.46. The van der Waals surface area contributed by atoms with Gasteiger partial charge in [0.25, 0.3) is 0 Å². The fourth-order valence-corrected chi connectivity index (χ4v) is 2.38. The van der Waals surface area contributed by atoms with Crippen LogP contribution in [0.3, 0.4) is 0 Å². The first kappa shape index (κ1) is 12.9. The third-order valence-electron chi connectivity index (χ3n) is 3.36. The number of aromatic nitrogens is 3. The van der Waals surface area contributed by atoms with Gasteiger partial charge in [-0.3, -0.25) is 0 Å². The summed E-state index contributed by atoms with van der Waals surface area (Å²) < 4.78 is 0. The van der Waals surface area contributed by atoms with Crippen LogP contribution in [0, 0.1) is 0 Å². The largest absolute Gasteiger partial charge is 0.368 e. The average Bonchev–Trinajstić information content (AvgIpc) is 2.83. The molecule has 5 heteroatoms. The van der Waals surface area contributed by atoms with E-state index in [-0.39, 0.29) is 0 Å². The molecule has 0 bridgehead atoms. The van der Waals surface area contributed by atoms with Gasteiger partial charge in [0.2, 0.25) is 0 Å². The molecule has 20 heavy (non-hydrogen) atoms. The number of hydrogen-bond donors (Lipinski definition) is 2. The summed E-state index contributed by atoms with van der Waals surface area (Å²) in [5, 5.41) is 4.53. The molecule has 2 N–H and O–H groups in total. The third-order valence-corrected chi connectivity index (χ3v) is 3.36. The fraction of sp³-hybridized carbons (Fsp3) is 0.333. The van der Waals surface area contributed by atoms with E-state index in [2.05, 4.69) is 51.4 Å². The van der Waals surface area contributed by atoms with E-state index < -0.39 is 0 Å². The van der Waals surface area contributed by atoms with Gasteiger partial charge in [-0.15, -0.1) is 0 Å². The summed E-state index contributed by atoms with van der Waals surface area (Å²) in [4.78, 5) is 14.3. The average molecular weight is 269 g/mol. The van der Waals surface area contributed by atoms with Gasteiger partial charge in [0.05, 0.1) is 0 Å². The van der Waals surface area contributed by atoms with Crippen LogP contribution in [0.4, 0.5) is 5.82 Å². The monoisotopic (exact) mass is 269 g/mol. The van der Waals surface area contributed by atoms with Crippen molar-refractivity contribution in [1.82, 2.24) is 19.9 Å². The molecule has 3 rings (SSSR count). The molecule has 0 aliphatic rings. The molecule has 0 saturated carbocycles. The summed E-state index contributed by atoms with van der Waals surface area (Å²) >= 11 is 0. The van der Waals surface area contributed by atoms with E-state index in [9.17, 15) is 0 Å². The van der Waals surface area contributed by atoms with E-state index in [1.165, 1.54) is 0 Å². The van der Waals surface area contributed by atoms with E-state index in [0.29, 0.717) is 0 Å². The lowest BCUT2D eigenvalue weighted by Gasteiger charge is -2.10. The van der Waals surface area contributed by atoms with Crippen molar-refractivity contribution in [3.05, 3.63) is 30.6 Å². The van der Waals surface area contributed by atoms with E-state index in [1.54, 1.807) is 6.33 Å². The molecule has 0 unspecified atom stereocenters. The molecule has 3 aromatic rings. The molecular weight excluding hydrogens is 250 g/mol. The number of aromatic amines is 1. The first-order chi connectivity index (χ1) is 9.75. The molecule has 2 aromatic heterocycles. The van der Waals surface area contributed by atoms with E-state index >= 15 is 0 Å². The van der Waals surface area contributed by atoms with Crippen molar-refractivity contribution in [3.63, 3.8) is 0 Å². The first-order valence-corrected chi connectivity index (χ1v) is 6.86. The SMILES string of the molecule is CN(C)CCCNc1ncnc2c1[nH]c1ccccc12. The van der Waals surface area contributed by atoms with Gasteiger partial charge in [-0.2, -0.15) is 0 Å². The van der Waals surface area contributed by atoms with Gasteiger partial charge in [-0.25, -0.2) is 9.97 Å². The molecule has 0 amide bonds. The van der Waals surface area contributed by atoms with E-state index in [0.717, 1.165) is 47.3 Å². The van der Waals surface area contributed by atoms with Crippen molar-refractivity contribution in [2.75, 3.05) is 32.5 Å². The number of benzene rings is 1. The molecule has 0 aliphatic carbocycles. The normalized spacial score (nSPS) is 11.6. The Balaban J connectivity index is 1.87. The van der Waals surface area contributed by atoms with Crippen LogP contribution in [0.15, 0.2) is 30.6 Å². The van der Waals surface area contributed by atoms with Crippen LogP contribution in [-0.4, -0.2) is 47.0 Å². The Morgan fingerprint density at radius 2 is 2.05 bits per heavy atom. The molecule has 5 nitrogen and oxygen atoms in total. The molecule has 2 heterocycles. The molecule has 0 saturated heterocycles. The molecule has 1 aromatic carbocycles. The van der Waals surface area contributed by atoms with Crippen LogP contribution in [0.5, 0.6) is 0 Å². The number of fused-ring (bicyclic) bond motifs is 3. The highest BCUT2D eigenvalue weighted by atomic mass is 15.1. The van der Waals surface area contributed by atoms with Crippen molar-refractivity contribution < 1.29 is 0 Å². The lowest BCUT2D eigenvalue weighted by atomic mass is 10.2. The highest BCUT2D eigenvalue weighted by Crippen LogP contribution is 2.26. The van der Waals surface area contributed by atoms with Gasteiger partial charge >= 0.3 is 0 Å². The maximum absolute atomic E-state index is 4.40. The lowest BCUT2D eigenvalue weighted by molar-refractivity contribution is 0.405. The van der Waals surface area contributed by atoms with Crippen LogP contribution in [0.25, 0.3) is 21.9 Å². The molecule has 0 fully saturated rings. The van der Waals surface area contributed by atoms with Gasteiger partial charge in [0, 0.05) is 17.4 Å². The Morgan fingerprint density at radius 1 is 1.20 bits per heavy atom. The summed E-state index contributed by atoms with van der Waals surface area (Å²) in [6, 6.07) is 8.20. The van der Waals surface area contributed by atoms with Crippen molar-refractivity contribution in [3.8, 4) is 0 Å². The Bertz CT molecular complexity index is 716. The zero-order chi connectivity index (χ0) is 13.9. The standard InChI is InChI=1S/C15H19N5/c1-20(2)9-5-8-16-15-14-13(17-10-18-15)11-6-3-4-7-12(11)19-14/h3-4,6-7,10,19H,5,8-9H2,1-2H3,(H,16,17,18). The number of rotatable bonds is 5. The van der Waals surface area contributed by atoms with E-state index in [1.807, 2.05) is 12.1 Å². The Kier molecular flexibility index (Phi) is 3.52. The van der Waals surface area contributed by atoms with Gasteiger partial charge in [0.15, 0.2) is 5.82 Å². The van der Waals surface area contributed by atoms with E-state index in [4.69, 9.17) is 0 Å². The molecule has 0 spiro atoms. The molecule has 0 radical (unpaired) electrons. The molecule has 0 atom stereocenters. The second-order valence-electron chi connectivity index (χ2n) is 5.20. The van der Waals surface area contributed by atoms with Crippen LogP contribution < -0.4 is 5.32 Å². The maximum Gasteiger partial charge on any atom is 0.153 e. The highest BCUT2D eigenvalue weighted by Gasteiger charge is 2.09. The predicted octanol–water partition coefficient (Wildman–Crippen LogP) is 2.47. The second-order valence-corrected chi connectivity index (χ2v) is 5.20. The summed E-state index contributed by atoms with van der Waals surface area (Å²) in [6.45, 7) is 1.97. The fourth-order valence-electron chi connectivity index (χ4n) is 2.38.